The standard InChI is InChI=1S/C14H15FN2/c1-9-2-7-13(16)12(14(9)17)8-10-3-5-11(15)6-4-10/h2-7H,8,16-17H2,1H3. The molecule has 0 unspecified atom stereocenters. The minimum Gasteiger partial charge on any atom is -0.398 e. The van der Waals surface area contributed by atoms with Crippen LogP contribution in [0.25, 0.3) is 0 Å². The molecule has 2 rings (SSSR count). The molecule has 0 fully saturated rings. The van der Waals surface area contributed by atoms with Crippen molar-refractivity contribution in [2.45, 2.75) is 13.3 Å². The van der Waals surface area contributed by atoms with E-state index in [4.69, 9.17) is 11.5 Å². The van der Waals surface area contributed by atoms with Gasteiger partial charge in [0, 0.05) is 23.4 Å². The number of hydrogen-bond donors (Lipinski definition) is 2. The first-order chi connectivity index (χ1) is 8.08. The van der Waals surface area contributed by atoms with E-state index in [-0.39, 0.29) is 5.82 Å². The summed E-state index contributed by atoms with van der Waals surface area (Å²) in [6.07, 6.45) is 0.625. The molecule has 0 aliphatic rings. The van der Waals surface area contributed by atoms with E-state index in [9.17, 15) is 4.39 Å². The zero-order chi connectivity index (χ0) is 12.4. The van der Waals surface area contributed by atoms with Gasteiger partial charge in [-0.1, -0.05) is 18.2 Å². The fraction of sp³-hybridized carbons (Fsp3) is 0.143. The summed E-state index contributed by atoms with van der Waals surface area (Å²) >= 11 is 0. The first kappa shape index (κ1) is 11.5. The largest absolute Gasteiger partial charge is 0.398 e. The van der Waals surface area contributed by atoms with Crippen LogP contribution >= 0.6 is 0 Å². The lowest BCUT2D eigenvalue weighted by Crippen LogP contribution is -2.03. The number of halogens is 1. The van der Waals surface area contributed by atoms with E-state index in [1.807, 2.05) is 19.1 Å². The fourth-order valence-corrected chi connectivity index (χ4v) is 1.80. The number of rotatable bonds is 2. The normalized spacial score (nSPS) is 10.5. The fourth-order valence-electron chi connectivity index (χ4n) is 1.80. The minimum atomic E-state index is -0.237. The van der Waals surface area contributed by atoms with Crippen molar-refractivity contribution in [2.75, 3.05) is 11.5 Å². The Morgan fingerprint density at radius 3 is 2.29 bits per heavy atom. The van der Waals surface area contributed by atoms with Crippen LogP contribution in [-0.4, -0.2) is 0 Å². The van der Waals surface area contributed by atoms with Gasteiger partial charge in [-0.05, 0) is 36.2 Å². The second-order valence-electron chi connectivity index (χ2n) is 4.17. The molecule has 2 aromatic rings. The molecule has 0 atom stereocenters. The molecule has 0 saturated heterocycles. The topological polar surface area (TPSA) is 52.0 Å². The lowest BCUT2D eigenvalue weighted by atomic mass is 9.99. The van der Waals surface area contributed by atoms with Crippen LogP contribution in [-0.2, 0) is 6.42 Å². The van der Waals surface area contributed by atoms with Crippen LogP contribution in [0, 0.1) is 12.7 Å². The van der Waals surface area contributed by atoms with Crippen molar-refractivity contribution in [3.8, 4) is 0 Å². The summed E-state index contributed by atoms with van der Waals surface area (Å²) in [6.45, 7) is 1.95. The molecule has 2 aromatic carbocycles. The van der Waals surface area contributed by atoms with E-state index in [0.29, 0.717) is 17.8 Å². The van der Waals surface area contributed by atoms with Gasteiger partial charge in [0.15, 0.2) is 0 Å². The lowest BCUT2D eigenvalue weighted by molar-refractivity contribution is 0.627. The Balaban J connectivity index is 2.36. The average Bonchev–Trinajstić information content (AvgIpc) is 2.32. The maximum absolute atomic E-state index is 12.8. The van der Waals surface area contributed by atoms with Crippen LogP contribution in [0.1, 0.15) is 16.7 Å². The Kier molecular flexibility index (Phi) is 3.00. The Morgan fingerprint density at radius 1 is 1.00 bits per heavy atom. The number of nitrogen functional groups attached to an aromatic ring is 2. The molecule has 2 nitrogen and oxygen atoms in total. The maximum atomic E-state index is 12.8. The summed E-state index contributed by atoms with van der Waals surface area (Å²) in [7, 11) is 0. The highest BCUT2D eigenvalue weighted by Crippen LogP contribution is 2.26. The van der Waals surface area contributed by atoms with Gasteiger partial charge in [0.2, 0.25) is 0 Å². The molecule has 3 heteroatoms. The van der Waals surface area contributed by atoms with E-state index in [1.54, 1.807) is 12.1 Å². The van der Waals surface area contributed by atoms with Crippen LogP contribution in [0.3, 0.4) is 0 Å². The van der Waals surface area contributed by atoms with Crippen LogP contribution in [0.5, 0.6) is 0 Å². The van der Waals surface area contributed by atoms with Crippen molar-refractivity contribution in [1.29, 1.82) is 0 Å². The van der Waals surface area contributed by atoms with Crippen molar-refractivity contribution in [1.82, 2.24) is 0 Å². The van der Waals surface area contributed by atoms with Crippen molar-refractivity contribution in [2.24, 2.45) is 0 Å². The second kappa shape index (κ2) is 4.45. The molecule has 0 aliphatic carbocycles. The summed E-state index contributed by atoms with van der Waals surface area (Å²) in [4.78, 5) is 0. The Morgan fingerprint density at radius 2 is 1.65 bits per heavy atom. The van der Waals surface area contributed by atoms with Gasteiger partial charge in [0.05, 0.1) is 0 Å². The molecular formula is C14H15FN2. The van der Waals surface area contributed by atoms with Crippen molar-refractivity contribution in [3.63, 3.8) is 0 Å². The third-order valence-electron chi connectivity index (χ3n) is 2.91. The first-order valence-electron chi connectivity index (χ1n) is 5.46. The molecule has 4 N–H and O–H groups in total. The zero-order valence-electron chi connectivity index (χ0n) is 9.70. The second-order valence-corrected chi connectivity index (χ2v) is 4.17. The van der Waals surface area contributed by atoms with Gasteiger partial charge >= 0.3 is 0 Å². The summed E-state index contributed by atoms with van der Waals surface area (Å²) in [5.74, 6) is -0.237. The number of nitrogens with two attached hydrogens (primary N) is 2. The Labute approximate surface area is 100 Å². The Bertz CT molecular complexity index is 533. The minimum absolute atomic E-state index is 0.237. The monoisotopic (exact) mass is 230 g/mol. The van der Waals surface area contributed by atoms with Crippen LogP contribution in [0.2, 0.25) is 0 Å². The molecule has 0 aromatic heterocycles. The zero-order valence-corrected chi connectivity index (χ0v) is 9.70. The summed E-state index contributed by atoms with van der Waals surface area (Å²) < 4.78 is 12.8. The summed E-state index contributed by atoms with van der Waals surface area (Å²) in [5.41, 5.74) is 16.2. The number of benzene rings is 2. The predicted octanol–water partition coefficient (Wildman–Crippen LogP) is 2.89. The van der Waals surface area contributed by atoms with Crippen LogP contribution in [0.4, 0.5) is 15.8 Å². The van der Waals surface area contributed by atoms with E-state index in [0.717, 1.165) is 16.7 Å². The SMILES string of the molecule is Cc1ccc(N)c(Cc2ccc(F)cc2)c1N. The molecule has 0 saturated carbocycles. The molecule has 0 amide bonds. The average molecular weight is 230 g/mol. The highest BCUT2D eigenvalue weighted by Gasteiger charge is 2.07. The first-order valence-corrected chi connectivity index (χ1v) is 5.46. The third-order valence-corrected chi connectivity index (χ3v) is 2.91. The van der Waals surface area contributed by atoms with E-state index >= 15 is 0 Å². The number of hydrogen-bond acceptors (Lipinski definition) is 2. The van der Waals surface area contributed by atoms with Gasteiger partial charge in [-0.2, -0.15) is 0 Å². The Hall–Kier alpha value is -2.03. The molecule has 17 heavy (non-hydrogen) atoms. The number of aryl methyl sites for hydroxylation is 1. The lowest BCUT2D eigenvalue weighted by Gasteiger charge is -2.11. The van der Waals surface area contributed by atoms with E-state index in [1.165, 1.54) is 12.1 Å². The van der Waals surface area contributed by atoms with Gasteiger partial charge < -0.3 is 11.5 Å². The number of anilines is 2. The van der Waals surface area contributed by atoms with Gasteiger partial charge in [0.1, 0.15) is 5.82 Å². The molecule has 0 spiro atoms. The maximum Gasteiger partial charge on any atom is 0.123 e. The summed E-state index contributed by atoms with van der Waals surface area (Å²) in [5, 5.41) is 0. The van der Waals surface area contributed by atoms with Crippen molar-refractivity contribution >= 4 is 11.4 Å². The smallest absolute Gasteiger partial charge is 0.123 e. The molecule has 0 heterocycles. The quantitative estimate of drug-likeness (QED) is 0.779. The van der Waals surface area contributed by atoms with E-state index < -0.39 is 0 Å². The van der Waals surface area contributed by atoms with Crippen LogP contribution in [0.15, 0.2) is 36.4 Å². The van der Waals surface area contributed by atoms with E-state index in [2.05, 4.69) is 0 Å². The van der Waals surface area contributed by atoms with Gasteiger partial charge in [-0.25, -0.2) is 4.39 Å². The van der Waals surface area contributed by atoms with Crippen LogP contribution < -0.4 is 11.5 Å². The van der Waals surface area contributed by atoms with Crippen molar-refractivity contribution in [3.05, 3.63) is 58.9 Å². The highest BCUT2D eigenvalue weighted by atomic mass is 19.1. The molecule has 88 valence electrons. The molecule has 0 radical (unpaired) electrons. The van der Waals surface area contributed by atoms with Crippen molar-refractivity contribution < 1.29 is 4.39 Å². The van der Waals surface area contributed by atoms with Gasteiger partial charge in [0.25, 0.3) is 0 Å². The molecule has 0 aliphatic heterocycles. The van der Waals surface area contributed by atoms with Gasteiger partial charge in [-0.15, -0.1) is 0 Å². The van der Waals surface area contributed by atoms with Gasteiger partial charge in [-0.3, -0.25) is 0 Å². The predicted molar refractivity (Wildman–Crippen MR) is 69.2 cm³/mol. The highest BCUT2D eigenvalue weighted by molar-refractivity contribution is 5.66. The summed E-state index contributed by atoms with van der Waals surface area (Å²) in [6, 6.07) is 10.1. The molecule has 0 bridgehead atoms. The third kappa shape index (κ3) is 2.38. The molecular weight excluding hydrogens is 215 g/mol.